The average molecular weight is 342 g/mol. The van der Waals surface area contributed by atoms with Crippen LogP contribution in [0, 0.1) is 11.8 Å². The van der Waals surface area contributed by atoms with Crippen molar-refractivity contribution in [2.75, 3.05) is 6.54 Å². The molecule has 1 aromatic rings. The number of nitrogens with one attached hydrogen (secondary N) is 1. The molecule has 2 amide bonds. The first kappa shape index (κ1) is 19.1. The molecule has 0 heterocycles. The zero-order valence-electron chi connectivity index (χ0n) is 13.2. The summed E-state index contributed by atoms with van der Waals surface area (Å²) in [5.74, 6) is -1.25. The van der Waals surface area contributed by atoms with Crippen LogP contribution in [0.1, 0.15) is 26.7 Å². The van der Waals surface area contributed by atoms with Crippen LogP contribution in [0.2, 0.25) is 0 Å². The number of amides is 2. The summed E-state index contributed by atoms with van der Waals surface area (Å²) in [4.78, 5) is 22.8. The van der Waals surface area contributed by atoms with E-state index >= 15 is 0 Å². The molecule has 0 aliphatic carbocycles. The Morgan fingerprint density at radius 3 is 2.39 bits per heavy atom. The predicted octanol–water partition coefficient (Wildman–Crippen LogP) is 1.39. The quantitative estimate of drug-likeness (QED) is 0.401. The first-order valence-corrected chi connectivity index (χ1v) is 8.77. The molecule has 0 saturated heterocycles. The maximum Gasteiger partial charge on any atom is 0.264 e. The molecule has 7 nitrogen and oxygen atoms in total. The van der Waals surface area contributed by atoms with E-state index in [-0.39, 0.29) is 17.9 Å². The Bertz CT molecular complexity index is 616. The van der Waals surface area contributed by atoms with Crippen molar-refractivity contribution in [3.05, 3.63) is 30.3 Å². The number of hydrogen-bond donors (Lipinski definition) is 2. The molecule has 128 valence electrons. The highest BCUT2D eigenvalue weighted by Crippen LogP contribution is 2.15. The maximum absolute atomic E-state index is 12.3. The average Bonchev–Trinajstić information content (AvgIpc) is 2.51. The van der Waals surface area contributed by atoms with E-state index in [0.29, 0.717) is 23.8 Å². The van der Waals surface area contributed by atoms with Crippen LogP contribution >= 0.6 is 0 Å². The molecule has 8 heteroatoms. The van der Waals surface area contributed by atoms with Crippen LogP contribution < -0.4 is 4.72 Å². The summed E-state index contributed by atoms with van der Waals surface area (Å²) in [7, 11) is -3.97. The van der Waals surface area contributed by atoms with Crippen molar-refractivity contribution in [2.45, 2.75) is 31.6 Å². The molecule has 0 bridgehead atoms. The summed E-state index contributed by atoms with van der Waals surface area (Å²) in [6.45, 7) is 3.67. The largest absolute Gasteiger partial charge is 0.286 e. The zero-order chi connectivity index (χ0) is 17.5. The van der Waals surface area contributed by atoms with Crippen molar-refractivity contribution in [3.8, 4) is 0 Å². The van der Waals surface area contributed by atoms with E-state index in [1.807, 2.05) is 18.6 Å². The third-order valence-corrected chi connectivity index (χ3v) is 4.64. The second-order valence-corrected chi connectivity index (χ2v) is 7.36. The third-order valence-electron chi connectivity index (χ3n) is 3.28. The SMILES string of the molecule is CC(C)CCC(CN(O)C=O)C(=O)NS(=O)(=O)c1ccccc1. The highest BCUT2D eigenvalue weighted by molar-refractivity contribution is 7.90. The first-order chi connectivity index (χ1) is 10.8. The molecule has 1 rings (SSSR count). The van der Waals surface area contributed by atoms with E-state index in [1.165, 1.54) is 12.1 Å². The summed E-state index contributed by atoms with van der Waals surface area (Å²) in [6.07, 6.45) is 1.20. The Morgan fingerprint density at radius 2 is 1.87 bits per heavy atom. The zero-order valence-corrected chi connectivity index (χ0v) is 14.0. The predicted molar refractivity (Wildman–Crippen MR) is 83.9 cm³/mol. The van der Waals surface area contributed by atoms with Crippen molar-refractivity contribution < 1.29 is 23.2 Å². The highest BCUT2D eigenvalue weighted by atomic mass is 32.2. The van der Waals surface area contributed by atoms with Crippen LogP contribution in [0.25, 0.3) is 0 Å². The lowest BCUT2D eigenvalue weighted by Gasteiger charge is -2.20. The number of nitrogens with zero attached hydrogens (tertiary/aromatic N) is 1. The molecule has 0 saturated carbocycles. The number of hydroxylamine groups is 2. The standard InChI is InChI=1S/C15H22N2O5S/c1-12(2)8-9-13(10-17(20)11-18)15(19)16-23(21,22)14-6-4-3-5-7-14/h3-7,11-13,20H,8-10H2,1-2H3,(H,16,19). The monoisotopic (exact) mass is 342 g/mol. The van der Waals surface area contributed by atoms with Gasteiger partial charge in [0.05, 0.1) is 17.4 Å². The van der Waals surface area contributed by atoms with Crippen molar-refractivity contribution >= 4 is 22.3 Å². The topological polar surface area (TPSA) is 104 Å². The van der Waals surface area contributed by atoms with Gasteiger partial charge in [0.25, 0.3) is 10.0 Å². The second-order valence-electron chi connectivity index (χ2n) is 5.68. The number of sulfonamides is 1. The molecule has 0 aliphatic heterocycles. The minimum absolute atomic E-state index is 0.0211. The van der Waals surface area contributed by atoms with Gasteiger partial charge < -0.3 is 0 Å². The summed E-state index contributed by atoms with van der Waals surface area (Å²) < 4.78 is 26.3. The highest BCUT2D eigenvalue weighted by Gasteiger charge is 2.26. The molecule has 2 N–H and O–H groups in total. The van der Waals surface area contributed by atoms with Crippen molar-refractivity contribution in [1.82, 2.24) is 9.79 Å². The summed E-state index contributed by atoms with van der Waals surface area (Å²) >= 11 is 0. The lowest BCUT2D eigenvalue weighted by Crippen LogP contribution is -2.40. The lowest BCUT2D eigenvalue weighted by atomic mass is 9.97. The fourth-order valence-electron chi connectivity index (χ4n) is 1.98. The Morgan fingerprint density at radius 1 is 1.26 bits per heavy atom. The fourth-order valence-corrected chi connectivity index (χ4v) is 3.05. The number of carbonyl (C=O) groups excluding carboxylic acids is 2. The molecule has 0 aromatic heterocycles. The Kier molecular flexibility index (Phi) is 7.18. The summed E-state index contributed by atoms with van der Waals surface area (Å²) in [6, 6.07) is 7.53. The normalized spacial score (nSPS) is 12.7. The van der Waals surface area contributed by atoms with Gasteiger partial charge in [-0.1, -0.05) is 38.5 Å². The minimum Gasteiger partial charge on any atom is -0.286 e. The molecular weight excluding hydrogens is 320 g/mol. The number of hydrogen-bond acceptors (Lipinski definition) is 5. The van der Waals surface area contributed by atoms with E-state index in [1.54, 1.807) is 18.2 Å². The van der Waals surface area contributed by atoms with E-state index in [4.69, 9.17) is 0 Å². The van der Waals surface area contributed by atoms with Gasteiger partial charge in [0.15, 0.2) is 0 Å². The van der Waals surface area contributed by atoms with Gasteiger partial charge in [-0.15, -0.1) is 0 Å². The molecule has 0 fully saturated rings. The third kappa shape index (κ3) is 6.37. The molecule has 23 heavy (non-hydrogen) atoms. The smallest absolute Gasteiger partial charge is 0.264 e. The molecule has 1 atom stereocenters. The van der Waals surface area contributed by atoms with Gasteiger partial charge in [-0.3, -0.25) is 14.8 Å². The maximum atomic E-state index is 12.3. The number of benzene rings is 1. The van der Waals surface area contributed by atoms with Gasteiger partial charge in [0, 0.05) is 0 Å². The Labute approximate surface area is 136 Å². The molecule has 0 radical (unpaired) electrons. The molecule has 1 unspecified atom stereocenters. The Balaban J connectivity index is 2.85. The number of carbonyl (C=O) groups is 2. The van der Waals surface area contributed by atoms with E-state index in [2.05, 4.69) is 0 Å². The van der Waals surface area contributed by atoms with Crippen molar-refractivity contribution in [1.29, 1.82) is 0 Å². The summed E-state index contributed by atoms with van der Waals surface area (Å²) in [5.41, 5.74) is 0. The Hall–Kier alpha value is -1.93. The van der Waals surface area contributed by atoms with Crippen LogP contribution in [0.4, 0.5) is 0 Å². The van der Waals surface area contributed by atoms with Crippen LogP contribution in [0.5, 0.6) is 0 Å². The molecule has 1 aromatic carbocycles. The van der Waals surface area contributed by atoms with Gasteiger partial charge in [-0.2, -0.15) is 0 Å². The van der Waals surface area contributed by atoms with Gasteiger partial charge >= 0.3 is 0 Å². The van der Waals surface area contributed by atoms with E-state index in [0.717, 1.165) is 0 Å². The molecule has 0 spiro atoms. The van der Waals surface area contributed by atoms with Gasteiger partial charge in [0.1, 0.15) is 0 Å². The van der Waals surface area contributed by atoms with Crippen LogP contribution in [-0.4, -0.2) is 37.6 Å². The van der Waals surface area contributed by atoms with Crippen molar-refractivity contribution in [3.63, 3.8) is 0 Å². The molecular formula is C15H22N2O5S. The van der Waals surface area contributed by atoms with Gasteiger partial charge in [-0.25, -0.2) is 18.2 Å². The van der Waals surface area contributed by atoms with Crippen molar-refractivity contribution in [2.24, 2.45) is 11.8 Å². The first-order valence-electron chi connectivity index (χ1n) is 7.28. The van der Waals surface area contributed by atoms with Gasteiger partial charge in [0.2, 0.25) is 12.3 Å². The van der Waals surface area contributed by atoms with E-state index in [9.17, 15) is 23.2 Å². The van der Waals surface area contributed by atoms with Gasteiger partial charge in [-0.05, 0) is 24.5 Å². The minimum atomic E-state index is -3.97. The summed E-state index contributed by atoms with van der Waals surface area (Å²) in [5, 5.41) is 9.64. The lowest BCUT2D eigenvalue weighted by molar-refractivity contribution is -0.154. The van der Waals surface area contributed by atoms with Crippen LogP contribution in [-0.2, 0) is 19.6 Å². The second kappa shape index (κ2) is 8.64. The fraction of sp³-hybridized carbons (Fsp3) is 0.467. The molecule has 0 aliphatic rings. The van der Waals surface area contributed by atoms with Crippen LogP contribution in [0.15, 0.2) is 35.2 Å². The van der Waals surface area contributed by atoms with Crippen LogP contribution in [0.3, 0.4) is 0 Å². The van der Waals surface area contributed by atoms with E-state index < -0.39 is 21.8 Å². The number of rotatable bonds is 9.